The van der Waals surface area contributed by atoms with Crippen molar-refractivity contribution in [3.63, 3.8) is 0 Å². The Balaban J connectivity index is 1.81. The number of aromatic nitrogens is 3. The van der Waals surface area contributed by atoms with Crippen molar-refractivity contribution in [2.75, 3.05) is 43.7 Å². The number of hydrogen-bond donors (Lipinski definition) is 4. The van der Waals surface area contributed by atoms with Crippen molar-refractivity contribution < 1.29 is 18.8 Å². The molecule has 0 saturated carbocycles. The molecule has 0 aliphatic carbocycles. The Hall–Kier alpha value is -2.83. The first-order valence-corrected chi connectivity index (χ1v) is 12.7. The second kappa shape index (κ2) is 11.1. The third-order valence-electron chi connectivity index (χ3n) is 5.06. The van der Waals surface area contributed by atoms with Gasteiger partial charge in [0, 0.05) is 43.4 Å². The van der Waals surface area contributed by atoms with E-state index in [1.807, 2.05) is 6.07 Å². The fourth-order valence-electron chi connectivity index (χ4n) is 3.43. The molecule has 34 heavy (non-hydrogen) atoms. The molecule has 8 nitrogen and oxygen atoms in total. The Bertz CT molecular complexity index is 1250. The summed E-state index contributed by atoms with van der Waals surface area (Å²) in [6, 6.07) is 8.07. The number of fused-ring (bicyclic) bond motifs is 1. The number of nitrogens with two attached hydrogens (primary N) is 1. The molecular formula is C23H25FN5O3S2+. The normalized spacial score (nSPS) is 12.2. The molecule has 5 N–H and O–H groups in total. The molecule has 0 saturated heterocycles. The van der Waals surface area contributed by atoms with Crippen molar-refractivity contribution >= 4 is 44.4 Å². The van der Waals surface area contributed by atoms with Crippen LogP contribution in [0.1, 0.15) is 6.42 Å². The summed E-state index contributed by atoms with van der Waals surface area (Å²) >= 11 is 0.311. The van der Waals surface area contributed by atoms with E-state index >= 15 is 0 Å². The van der Waals surface area contributed by atoms with Gasteiger partial charge in [0.2, 0.25) is 5.95 Å². The molecule has 1 aromatic carbocycles. The second-order valence-electron chi connectivity index (χ2n) is 7.41. The van der Waals surface area contributed by atoms with Gasteiger partial charge in [-0.3, -0.25) is 0 Å². The summed E-state index contributed by atoms with van der Waals surface area (Å²) in [5.41, 5.74) is 9.91. The zero-order chi connectivity index (χ0) is 24.1. The third-order valence-corrected chi connectivity index (χ3v) is 8.11. The zero-order valence-electron chi connectivity index (χ0n) is 18.5. The van der Waals surface area contributed by atoms with Gasteiger partial charge in [0.25, 0.3) is 4.21 Å². The molecule has 3 heterocycles. The van der Waals surface area contributed by atoms with Gasteiger partial charge >= 0.3 is 0 Å². The number of anilines is 2. The number of methoxy groups -OCH3 is 1. The molecular weight excluding hydrogens is 477 g/mol. The van der Waals surface area contributed by atoms with Gasteiger partial charge in [0.1, 0.15) is 22.1 Å². The number of benzene rings is 1. The number of halogens is 1. The number of rotatable bonds is 10. The minimum absolute atomic E-state index is 0.0233. The molecule has 0 aliphatic rings. The zero-order valence-corrected chi connectivity index (χ0v) is 20.1. The summed E-state index contributed by atoms with van der Waals surface area (Å²) in [6.07, 6.45) is 4.00. The van der Waals surface area contributed by atoms with Crippen LogP contribution in [0.25, 0.3) is 32.6 Å². The first-order chi connectivity index (χ1) is 16.5. The molecule has 0 spiro atoms. The molecule has 4 aromatic rings. The van der Waals surface area contributed by atoms with Crippen LogP contribution in [0.4, 0.5) is 16.0 Å². The number of hydrogen-bond acceptors (Lipinski definition) is 9. The van der Waals surface area contributed by atoms with Crippen LogP contribution in [0.2, 0.25) is 0 Å². The molecule has 178 valence electrons. The summed E-state index contributed by atoms with van der Waals surface area (Å²) in [7, 11) is 1.63. The maximum Gasteiger partial charge on any atom is 0.269 e. The number of nitrogens with zero attached hydrogens (tertiary/aromatic N) is 3. The van der Waals surface area contributed by atoms with Crippen molar-refractivity contribution in [2.45, 2.75) is 10.6 Å². The molecule has 0 radical (unpaired) electrons. The van der Waals surface area contributed by atoms with Gasteiger partial charge in [-0.05, 0) is 29.3 Å². The molecule has 3 aromatic heterocycles. The Morgan fingerprint density at radius 1 is 1.18 bits per heavy atom. The lowest BCUT2D eigenvalue weighted by molar-refractivity contribution is 0.199. The van der Waals surface area contributed by atoms with Crippen LogP contribution in [-0.4, -0.2) is 57.2 Å². The number of thiophene rings is 1. The summed E-state index contributed by atoms with van der Waals surface area (Å²) in [5.74, 6) is 0.614. The number of aliphatic hydroxyl groups is 1. The van der Waals surface area contributed by atoms with Gasteiger partial charge in [-0.1, -0.05) is 23.5 Å². The Kier molecular flexibility index (Phi) is 7.91. The Labute approximate surface area is 203 Å². The predicted octanol–water partition coefficient (Wildman–Crippen LogP) is 4.03. The summed E-state index contributed by atoms with van der Waals surface area (Å²) in [6.45, 7) is 0.884. The van der Waals surface area contributed by atoms with E-state index in [2.05, 4.69) is 15.3 Å². The number of nitrogen functional groups attached to an aromatic ring is 1. The summed E-state index contributed by atoms with van der Waals surface area (Å²) in [5, 5.41) is 12.6. The van der Waals surface area contributed by atoms with E-state index in [1.165, 1.54) is 23.5 Å². The molecule has 4 rings (SSSR count). The van der Waals surface area contributed by atoms with Gasteiger partial charge in [0.05, 0.1) is 18.9 Å². The highest BCUT2D eigenvalue weighted by atomic mass is 32.2. The maximum absolute atomic E-state index is 13.6. The van der Waals surface area contributed by atoms with E-state index in [0.717, 1.165) is 16.5 Å². The summed E-state index contributed by atoms with van der Waals surface area (Å²) < 4.78 is 30.2. The topological polar surface area (TPSA) is 126 Å². The van der Waals surface area contributed by atoms with Gasteiger partial charge in [-0.2, -0.15) is 4.55 Å². The van der Waals surface area contributed by atoms with E-state index in [9.17, 15) is 8.94 Å². The van der Waals surface area contributed by atoms with Gasteiger partial charge in [0.15, 0.2) is 11.2 Å². The van der Waals surface area contributed by atoms with Crippen molar-refractivity contribution in [1.29, 1.82) is 0 Å². The quantitative estimate of drug-likeness (QED) is 0.189. The number of nitrogens with one attached hydrogen (secondary N) is 1. The molecule has 1 atom stereocenters. The molecule has 0 bridgehead atoms. The minimum atomic E-state index is -1.04. The largest absolute Gasteiger partial charge is 0.395 e. The van der Waals surface area contributed by atoms with Crippen LogP contribution >= 0.6 is 11.3 Å². The highest BCUT2D eigenvalue weighted by molar-refractivity contribution is 7.93. The molecule has 1 unspecified atom stereocenters. The molecule has 0 aliphatic heterocycles. The number of pyridine rings is 1. The predicted molar refractivity (Wildman–Crippen MR) is 136 cm³/mol. The van der Waals surface area contributed by atoms with Crippen LogP contribution in [0, 0.1) is 5.82 Å². The van der Waals surface area contributed by atoms with Crippen molar-refractivity contribution in [2.24, 2.45) is 0 Å². The molecule has 0 amide bonds. The van der Waals surface area contributed by atoms with Crippen LogP contribution in [0.5, 0.6) is 0 Å². The highest BCUT2D eigenvalue weighted by Crippen LogP contribution is 2.43. The average Bonchev–Trinajstić information content (AvgIpc) is 3.19. The fourth-order valence-corrected chi connectivity index (χ4v) is 6.09. The van der Waals surface area contributed by atoms with Gasteiger partial charge < -0.3 is 20.9 Å². The van der Waals surface area contributed by atoms with Gasteiger partial charge in [-0.25, -0.2) is 19.3 Å². The fraction of sp³-hybridized carbons (Fsp3) is 0.261. The SMILES string of the molecule is COCCC[S+](O)c1sc2nc(-c3cnc(NCCO)nc3)cc(-c3ccc(F)cc3)c2c1N. The van der Waals surface area contributed by atoms with E-state index < -0.39 is 11.2 Å². The number of aliphatic hydroxyl groups excluding tert-OH is 1. The van der Waals surface area contributed by atoms with Crippen LogP contribution < -0.4 is 11.1 Å². The lowest BCUT2D eigenvalue weighted by Gasteiger charge is -2.09. The van der Waals surface area contributed by atoms with E-state index in [-0.39, 0.29) is 12.4 Å². The van der Waals surface area contributed by atoms with E-state index in [1.54, 1.807) is 31.6 Å². The van der Waals surface area contributed by atoms with Gasteiger partial charge in [-0.15, -0.1) is 0 Å². The lowest BCUT2D eigenvalue weighted by atomic mass is 10.0. The number of ether oxygens (including phenoxy) is 1. The maximum atomic E-state index is 13.6. The van der Waals surface area contributed by atoms with Crippen LogP contribution in [0.15, 0.2) is 46.9 Å². The van der Waals surface area contributed by atoms with E-state index in [0.29, 0.717) is 57.3 Å². The van der Waals surface area contributed by atoms with Crippen LogP contribution in [0.3, 0.4) is 0 Å². The van der Waals surface area contributed by atoms with Crippen molar-refractivity contribution in [3.05, 3.63) is 48.5 Å². The van der Waals surface area contributed by atoms with Crippen molar-refractivity contribution in [3.8, 4) is 22.4 Å². The molecule has 0 fully saturated rings. The second-order valence-corrected chi connectivity index (χ2v) is 10.2. The van der Waals surface area contributed by atoms with Crippen LogP contribution in [-0.2, 0) is 15.9 Å². The minimum Gasteiger partial charge on any atom is -0.395 e. The highest BCUT2D eigenvalue weighted by Gasteiger charge is 2.29. The first kappa shape index (κ1) is 24.3. The Morgan fingerprint density at radius 2 is 1.91 bits per heavy atom. The van der Waals surface area contributed by atoms with Crippen molar-refractivity contribution in [1.82, 2.24) is 15.0 Å². The third kappa shape index (κ3) is 5.29. The average molecular weight is 503 g/mol. The smallest absolute Gasteiger partial charge is 0.269 e. The van der Waals surface area contributed by atoms with E-state index in [4.69, 9.17) is 20.6 Å². The lowest BCUT2D eigenvalue weighted by Crippen LogP contribution is -2.08. The monoisotopic (exact) mass is 502 g/mol. The molecule has 11 heteroatoms. The first-order valence-electron chi connectivity index (χ1n) is 10.6. The standard InChI is InChI=1S/C23H25FN5O3S2/c1-32-9-2-10-34(31)22-20(25)19-17(14-3-5-16(24)6-4-14)11-18(29-21(19)33-22)15-12-27-23(28-13-15)26-7-8-30/h3-6,11-13,30-31H,2,7-10,25H2,1H3,(H,26,27,28)/q+1. The Morgan fingerprint density at radius 3 is 2.59 bits per heavy atom. The summed E-state index contributed by atoms with van der Waals surface area (Å²) in [4.78, 5) is 14.0.